The molecule has 1 fully saturated rings. The molecule has 6 nitrogen and oxygen atoms in total. The van der Waals surface area contributed by atoms with E-state index in [1.54, 1.807) is 0 Å². The number of nitro groups is 1. The summed E-state index contributed by atoms with van der Waals surface area (Å²) in [6, 6.07) is 2.79. The van der Waals surface area contributed by atoms with Gasteiger partial charge in [0.1, 0.15) is 11.4 Å². The minimum atomic E-state index is -0.704. The Balaban J connectivity index is 2.34. The molecule has 1 aromatic rings. The molecule has 0 spiro atoms. The van der Waals surface area contributed by atoms with E-state index in [4.69, 9.17) is 5.11 Å². The van der Waals surface area contributed by atoms with Crippen LogP contribution < -0.4 is 0 Å². The quantitative estimate of drug-likeness (QED) is 0.658. The molecule has 1 amide bonds. The lowest BCUT2D eigenvalue weighted by Crippen LogP contribution is -2.45. The zero-order valence-corrected chi connectivity index (χ0v) is 10.8. The van der Waals surface area contributed by atoms with E-state index in [1.165, 1.54) is 4.90 Å². The molecule has 108 valence electrons. The SMILES string of the molecule is O=C(c1cc(F)ccc1[N+](=O)[O-])N(CCO)C1CCC1. The van der Waals surface area contributed by atoms with Crippen molar-refractivity contribution in [2.75, 3.05) is 13.2 Å². The number of nitro benzene ring substituents is 1. The summed E-state index contributed by atoms with van der Waals surface area (Å²) in [6.07, 6.45) is 2.58. The standard InChI is InChI=1S/C13H15FN2O4/c14-9-4-5-12(16(19)20)11(8-9)13(18)15(6-7-17)10-2-1-3-10/h4-5,8,10,17H,1-3,6-7H2. The zero-order valence-electron chi connectivity index (χ0n) is 10.8. The second-order valence-corrected chi connectivity index (χ2v) is 4.73. The number of aliphatic hydroxyl groups excluding tert-OH is 1. The monoisotopic (exact) mass is 282 g/mol. The number of amides is 1. The Hall–Kier alpha value is -2.02. The summed E-state index contributed by atoms with van der Waals surface area (Å²) in [5, 5.41) is 20.0. The number of carbonyl (C=O) groups excluding carboxylic acids is 1. The minimum absolute atomic E-state index is 0.0301. The summed E-state index contributed by atoms with van der Waals surface area (Å²) >= 11 is 0. The molecule has 0 saturated heterocycles. The molecule has 0 heterocycles. The fourth-order valence-corrected chi connectivity index (χ4v) is 2.25. The maximum absolute atomic E-state index is 13.3. The van der Waals surface area contributed by atoms with E-state index < -0.39 is 22.3 Å². The van der Waals surface area contributed by atoms with E-state index in [9.17, 15) is 19.3 Å². The summed E-state index contributed by atoms with van der Waals surface area (Å²) in [4.78, 5) is 24.0. The number of benzene rings is 1. The topological polar surface area (TPSA) is 83.7 Å². The van der Waals surface area contributed by atoms with Crippen LogP contribution in [-0.4, -0.2) is 40.0 Å². The molecule has 0 unspecified atom stereocenters. The third-order valence-corrected chi connectivity index (χ3v) is 3.50. The fraction of sp³-hybridized carbons (Fsp3) is 0.462. The first kappa shape index (κ1) is 14.4. The van der Waals surface area contributed by atoms with Gasteiger partial charge < -0.3 is 10.0 Å². The van der Waals surface area contributed by atoms with Crippen LogP contribution in [0.5, 0.6) is 0 Å². The number of hydrogen-bond donors (Lipinski definition) is 1. The van der Waals surface area contributed by atoms with Gasteiger partial charge in [0.25, 0.3) is 11.6 Å². The Bertz CT molecular complexity index is 531. The Morgan fingerprint density at radius 2 is 2.20 bits per heavy atom. The third-order valence-electron chi connectivity index (χ3n) is 3.50. The van der Waals surface area contributed by atoms with E-state index in [1.807, 2.05) is 0 Å². The van der Waals surface area contributed by atoms with E-state index in [0.717, 1.165) is 37.5 Å². The summed E-state index contributed by atoms with van der Waals surface area (Å²) in [6.45, 7) is -0.136. The van der Waals surface area contributed by atoms with Gasteiger partial charge in [-0.1, -0.05) is 0 Å². The van der Waals surface area contributed by atoms with Crippen LogP contribution in [0.25, 0.3) is 0 Å². The molecule has 1 saturated carbocycles. The molecule has 0 atom stereocenters. The lowest BCUT2D eigenvalue weighted by atomic mass is 9.91. The van der Waals surface area contributed by atoms with Gasteiger partial charge in [-0.2, -0.15) is 0 Å². The molecule has 0 aliphatic heterocycles. The van der Waals surface area contributed by atoms with Gasteiger partial charge in [-0.25, -0.2) is 4.39 Å². The first-order valence-electron chi connectivity index (χ1n) is 6.40. The number of nitrogens with zero attached hydrogens (tertiary/aromatic N) is 2. The van der Waals surface area contributed by atoms with Crippen LogP contribution >= 0.6 is 0 Å². The van der Waals surface area contributed by atoms with Crippen LogP contribution in [0, 0.1) is 15.9 Å². The van der Waals surface area contributed by atoms with Crippen LogP contribution in [0.4, 0.5) is 10.1 Å². The lowest BCUT2D eigenvalue weighted by molar-refractivity contribution is -0.385. The molecule has 1 aliphatic carbocycles. The van der Waals surface area contributed by atoms with Crippen molar-refractivity contribution in [3.8, 4) is 0 Å². The molecular weight excluding hydrogens is 267 g/mol. The van der Waals surface area contributed by atoms with Crippen LogP contribution in [0.1, 0.15) is 29.6 Å². The highest BCUT2D eigenvalue weighted by Crippen LogP contribution is 2.28. The summed E-state index contributed by atoms with van der Waals surface area (Å²) in [7, 11) is 0. The Morgan fingerprint density at radius 3 is 2.70 bits per heavy atom. The summed E-state index contributed by atoms with van der Waals surface area (Å²) < 4.78 is 13.3. The largest absolute Gasteiger partial charge is 0.395 e. The van der Waals surface area contributed by atoms with Crippen LogP contribution in [0.2, 0.25) is 0 Å². The van der Waals surface area contributed by atoms with Gasteiger partial charge in [-0.05, 0) is 31.4 Å². The zero-order chi connectivity index (χ0) is 14.7. The fourth-order valence-electron chi connectivity index (χ4n) is 2.25. The van der Waals surface area contributed by atoms with E-state index in [-0.39, 0.29) is 24.8 Å². The predicted octanol–water partition coefficient (Wildman–Crippen LogP) is 1.72. The molecule has 7 heteroatoms. The van der Waals surface area contributed by atoms with Crippen molar-refractivity contribution in [1.29, 1.82) is 0 Å². The van der Waals surface area contributed by atoms with Crippen LogP contribution in [-0.2, 0) is 0 Å². The lowest BCUT2D eigenvalue weighted by Gasteiger charge is -2.37. The average molecular weight is 282 g/mol. The normalized spacial score (nSPS) is 14.7. The van der Waals surface area contributed by atoms with E-state index in [2.05, 4.69) is 0 Å². The van der Waals surface area contributed by atoms with E-state index in [0.29, 0.717) is 0 Å². The maximum Gasteiger partial charge on any atom is 0.282 e. The van der Waals surface area contributed by atoms with Crippen molar-refractivity contribution >= 4 is 11.6 Å². The third kappa shape index (κ3) is 2.77. The maximum atomic E-state index is 13.3. The van der Waals surface area contributed by atoms with Crippen molar-refractivity contribution in [1.82, 2.24) is 4.90 Å². The Morgan fingerprint density at radius 1 is 1.50 bits per heavy atom. The Labute approximate surface area is 115 Å². The van der Waals surface area contributed by atoms with Crippen molar-refractivity contribution in [2.24, 2.45) is 0 Å². The van der Waals surface area contributed by atoms with Gasteiger partial charge in [-0.3, -0.25) is 14.9 Å². The van der Waals surface area contributed by atoms with Crippen molar-refractivity contribution in [2.45, 2.75) is 25.3 Å². The number of halogens is 1. The first-order valence-corrected chi connectivity index (χ1v) is 6.40. The van der Waals surface area contributed by atoms with Gasteiger partial charge in [0.2, 0.25) is 0 Å². The minimum Gasteiger partial charge on any atom is -0.395 e. The molecule has 0 radical (unpaired) electrons. The molecule has 1 aliphatic rings. The van der Waals surface area contributed by atoms with Gasteiger partial charge in [0, 0.05) is 18.7 Å². The van der Waals surface area contributed by atoms with E-state index >= 15 is 0 Å². The highest BCUT2D eigenvalue weighted by Gasteiger charge is 2.32. The Kier molecular flexibility index (Phi) is 4.29. The summed E-state index contributed by atoms with van der Waals surface area (Å²) in [5.41, 5.74) is -0.686. The molecule has 0 bridgehead atoms. The van der Waals surface area contributed by atoms with Gasteiger partial charge >= 0.3 is 0 Å². The molecule has 1 aromatic carbocycles. The second kappa shape index (κ2) is 5.96. The number of rotatable bonds is 5. The van der Waals surface area contributed by atoms with Crippen molar-refractivity contribution in [3.63, 3.8) is 0 Å². The molecule has 0 aromatic heterocycles. The molecule has 2 rings (SSSR count). The van der Waals surface area contributed by atoms with Crippen molar-refractivity contribution in [3.05, 3.63) is 39.7 Å². The number of hydrogen-bond acceptors (Lipinski definition) is 4. The average Bonchev–Trinajstić information content (AvgIpc) is 2.34. The smallest absolute Gasteiger partial charge is 0.282 e. The highest BCUT2D eigenvalue weighted by molar-refractivity contribution is 5.98. The number of aliphatic hydroxyl groups is 1. The van der Waals surface area contributed by atoms with Crippen LogP contribution in [0.15, 0.2) is 18.2 Å². The van der Waals surface area contributed by atoms with Gasteiger partial charge in [0.05, 0.1) is 11.5 Å². The van der Waals surface area contributed by atoms with Crippen LogP contribution in [0.3, 0.4) is 0 Å². The molecule has 1 N–H and O–H groups in total. The highest BCUT2D eigenvalue weighted by atomic mass is 19.1. The predicted molar refractivity (Wildman–Crippen MR) is 68.8 cm³/mol. The first-order chi connectivity index (χ1) is 9.54. The molecular formula is C13H15FN2O4. The second-order valence-electron chi connectivity index (χ2n) is 4.73. The van der Waals surface area contributed by atoms with Crippen molar-refractivity contribution < 1.29 is 19.2 Å². The van der Waals surface area contributed by atoms with Gasteiger partial charge in [0.15, 0.2) is 0 Å². The molecule has 20 heavy (non-hydrogen) atoms. The number of carbonyl (C=O) groups is 1. The summed E-state index contributed by atoms with van der Waals surface area (Å²) in [5.74, 6) is -1.30. The van der Waals surface area contributed by atoms with Gasteiger partial charge in [-0.15, -0.1) is 0 Å².